The highest BCUT2D eigenvalue weighted by molar-refractivity contribution is 5.81. The fraction of sp³-hybridized carbons (Fsp3) is 0.833. The van der Waals surface area contributed by atoms with Crippen LogP contribution in [-0.2, 0) is 9.53 Å². The van der Waals surface area contributed by atoms with Crippen molar-refractivity contribution in [2.45, 2.75) is 67.3 Å². The smallest absolute Gasteiger partial charge is 0.225 e. The Morgan fingerprint density at radius 3 is 2.32 bits per heavy atom. The molecule has 0 heterocycles. The summed E-state index contributed by atoms with van der Waals surface area (Å²) in [5.41, 5.74) is -0.286. The summed E-state index contributed by atoms with van der Waals surface area (Å²) in [6.07, 6.45) is 1.89. The second kappa shape index (κ2) is 9.19. The molecule has 0 aromatic carbocycles. The van der Waals surface area contributed by atoms with Crippen LogP contribution in [0.2, 0.25) is 0 Å². The third-order valence-electron chi connectivity index (χ3n) is 4.01. The first-order chi connectivity index (χ1) is 10.0. The SMILES string of the molecule is C=C(C)OCCNC(=O)C(C)(C)CC(C)(CC)CNC(C)C. The molecular formula is C18H36N2O2. The molecule has 0 radical (unpaired) electrons. The number of amides is 1. The van der Waals surface area contributed by atoms with Crippen molar-refractivity contribution in [3.8, 4) is 0 Å². The first-order valence-corrected chi connectivity index (χ1v) is 8.32. The van der Waals surface area contributed by atoms with E-state index in [1.165, 1.54) is 0 Å². The Hall–Kier alpha value is -1.03. The topological polar surface area (TPSA) is 50.4 Å². The third-order valence-corrected chi connectivity index (χ3v) is 4.01. The normalized spacial score (nSPS) is 14.5. The summed E-state index contributed by atoms with van der Waals surface area (Å²) in [5, 5.41) is 6.47. The van der Waals surface area contributed by atoms with Crippen molar-refractivity contribution in [3.63, 3.8) is 0 Å². The molecule has 0 saturated carbocycles. The molecule has 0 aromatic rings. The predicted molar refractivity (Wildman–Crippen MR) is 93.7 cm³/mol. The molecule has 0 spiro atoms. The summed E-state index contributed by atoms with van der Waals surface area (Å²) in [4.78, 5) is 12.4. The highest BCUT2D eigenvalue weighted by atomic mass is 16.5. The van der Waals surface area contributed by atoms with Gasteiger partial charge in [-0.25, -0.2) is 0 Å². The summed E-state index contributed by atoms with van der Waals surface area (Å²) in [6, 6.07) is 0.460. The molecule has 1 atom stereocenters. The average Bonchev–Trinajstić information content (AvgIpc) is 2.40. The lowest BCUT2D eigenvalue weighted by molar-refractivity contribution is -0.131. The number of hydrogen-bond acceptors (Lipinski definition) is 3. The molecule has 0 rings (SSSR count). The number of rotatable bonds is 11. The lowest BCUT2D eigenvalue weighted by Crippen LogP contribution is -2.44. The molecule has 130 valence electrons. The number of hydrogen-bond donors (Lipinski definition) is 2. The summed E-state index contributed by atoms with van der Waals surface area (Å²) in [6.45, 7) is 20.2. The van der Waals surface area contributed by atoms with E-state index in [0.29, 0.717) is 25.0 Å². The summed E-state index contributed by atoms with van der Waals surface area (Å²) in [7, 11) is 0. The number of carbonyl (C=O) groups is 1. The lowest BCUT2D eigenvalue weighted by atomic mass is 9.72. The summed E-state index contributed by atoms with van der Waals surface area (Å²) < 4.78 is 5.27. The second-order valence-electron chi connectivity index (χ2n) is 7.57. The van der Waals surface area contributed by atoms with E-state index in [-0.39, 0.29) is 11.3 Å². The van der Waals surface area contributed by atoms with Gasteiger partial charge in [-0.3, -0.25) is 4.79 Å². The van der Waals surface area contributed by atoms with E-state index in [9.17, 15) is 4.79 Å². The molecule has 0 aliphatic rings. The Balaban J connectivity index is 4.49. The van der Waals surface area contributed by atoms with Gasteiger partial charge >= 0.3 is 0 Å². The van der Waals surface area contributed by atoms with Crippen LogP contribution in [0.5, 0.6) is 0 Å². The molecule has 2 N–H and O–H groups in total. The maximum absolute atomic E-state index is 12.4. The quantitative estimate of drug-likeness (QED) is 0.453. The fourth-order valence-electron chi connectivity index (χ4n) is 2.54. The Bertz CT molecular complexity index is 364. The standard InChI is InChI=1S/C18H36N2O2/c1-9-18(8,13-20-14(2)3)12-17(6,7)16(21)19-10-11-22-15(4)5/h14,20H,4,9-13H2,1-3,5-8H3,(H,19,21). The Morgan fingerprint density at radius 1 is 1.27 bits per heavy atom. The van der Waals surface area contributed by atoms with Gasteiger partial charge in [0.25, 0.3) is 0 Å². The van der Waals surface area contributed by atoms with Gasteiger partial charge in [0.2, 0.25) is 5.91 Å². The zero-order chi connectivity index (χ0) is 17.4. The minimum absolute atomic E-state index is 0.0852. The second-order valence-corrected chi connectivity index (χ2v) is 7.57. The van der Waals surface area contributed by atoms with Crippen molar-refractivity contribution in [2.24, 2.45) is 10.8 Å². The number of carbonyl (C=O) groups excluding carboxylic acids is 1. The molecule has 0 fully saturated rings. The van der Waals surface area contributed by atoms with Crippen LogP contribution in [0.1, 0.15) is 61.3 Å². The molecule has 0 saturated heterocycles. The van der Waals surface area contributed by atoms with Crippen molar-refractivity contribution in [1.29, 1.82) is 0 Å². The lowest BCUT2D eigenvalue weighted by Gasteiger charge is -2.37. The minimum atomic E-state index is -0.396. The largest absolute Gasteiger partial charge is 0.497 e. The highest BCUT2D eigenvalue weighted by Crippen LogP contribution is 2.36. The molecule has 0 aliphatic carbocycles. The van der Waals surface area contributed by atoms with Crippen molar-refractivity contribution in [3.05, 3.63) is 12.3 Å². The summed E-state index contributed by atoms with van der Waals surface area (Å²) in [5.74, 6) is 0.758. The van der Waals surface area contributed by atoms with Crippen molar-refractivity contribution < 1.29 is 9.53 Å². The highest BCUT2D eigenvalue weighted by Gasteiger charge is 2.36. The summed E-state index contributed by atoms with van der Waals surface area (Å²) >= 11 is 0. The monoisotopic (exact) mass is 312 g/mol. The molecule has 1 unspecified atom stereocenters. The Morgan fingerprint density at radius 2 is 1.86 bits per heavy atom. The zero-order valence-corrected chi connectivity index (χ0v) is 15.6. The van der Waals surface area contributed by atoms with Crippen LogP contribution in [0, 0.1) is 10.8 Å². The van der Waals surface area contributed by atoms with Crippen LogP contribution in [0.25, 0.3) is 0 Å². The maximum Gasteiger partial charge on any atom is 0.225 e. The van der Waals surface area contributed by atoms with E-state index < -0.39 is 5.41 Å². The first kappa shape index (κ1) is 21.0. The van der Waals surface area contributed by atoms with Gasteiger partial charge in [0.15, 0.2) is 0 Å². The maximum atomic E-state index is 12.4. The molecule has 4 heteroatoms. The van der Waals surface area contributed by atoms with E-state index in [1.54, 1.807) is 6.92 Å². The van der Waals surface area contributed by atoms with Crippen molar-refractivity contribution in [1.82, 2.24) is 10.6 Å². The van der Waals surface area contributed by atoms with Gasteiger partial charge in [-0.2, -0.15) is 0 Å². The predicted octanol–water partition coefficient (Wildman–Crippen LogP) is 3.48. The van der Waals surface area contributed by atoms with Crippen LogP contribution in [0.15, 0.2) is 12.3 Å². The molecular weight excluding hydrogens is 276 g/mol. The van der Waals surface area contributed by atoms with Crippen molar-refractivity contribution >= 4 is 5.91 Å². The molecule has 4 nitrogen and oxygen atoms in total. The van der Waals surface area contributed by atoms with Crippen LogP contribution in [0.3, 0.4) is 0 Å². The molecule has 1 amide bonds. The van der Waals surface area contributed by atoms with Gasteiger partial charge in [-0.15, -0.1) is 0 Å². The van der Waals surface area contributed by atoms with Crippen LogP contribution in [-0.4, -0.2) is 31.6 Å². The van der Waals surface area contributed by atoms with Gasteiger partial charge in [-0.1, -0.05) is 48.1 Å². The van der Waals surface area contributed by atoms with Gasteiger partial charge in [0.1, 0.15) is 6.61 Å². The third kappa shape index (κ3) is 8.42. The Kier molecular flexibility index (Phi) is 8.76. The molecule has 0 aliphatic heterocycles. The van der Waals surface area contributed by atoms with E-state index in [2.05, 4.69) is 44.9 Å². The Labute approximate surface area is 137 Å². The first-order valence-electron chi connectivity index (χ1n) is 8.32. The van der Waals surface area contributed by atoms with E-state index in [1.807, 2.05) is 13.8 Å². The van der Waals surface area contributed by atoms with Gasteiger partial charge < -0.3 is 15.4 Å². The fourth-order valence-corrected chi connectivity index (χ4v) is 2.54. The van der Waals surface area contributed by atoms with Crippen LogP contribution >= 0.6 is 0 Å². The number of allylic oxidation sites excluding steroid dienone is 1. The van der Waals surface area contributed by atoms with Gasteiger partial charge in [0.05, 0.1) is 12.3 Å². The van der Waals surface area contributed by atoms with E-state index in [0.717, 1.165) is 19.4 Å². The number of ether oxygens (including phenoxy) is 1. The van der Waals surface area contributed by atoms with Gasteiger partial charge in [-0.05, 0) is 25.2 Å². The zero-order valence-electron chi connectivity index (χ0n) is 15.6. The minimum Gasteiger partial charge on any atom is -0.497 e. The van der Waals surface area contributed by atoms with E-state index in [4.69, 9.17) is 4.74 Å². The van der Waals surface area contributed by atoms with Crippen LogP contribution < -0.4 is 10.6 Å². The molecule has 22 heavy (non-hydrogen) atoms. The van der Waals surface area contributed by atoms with Crippen molar-refractivity contribution in [2.75, 3.05) is 19.7 Å². The van der Waals surface area contributed by atoms with Crippen LogP contribution in [0.4, 0.5) is 0 Å². The molecule has 0 aromatic heterocycles. The number of nitrogens with one attached hydrogen (secondary N) is 2. The van der Waals surface area contributed by atoms with E-state index >= 15 is 0 Å². The van der Waals surface area contributed by atoms with Gasteiger partial charge in [0, 0.05) is 18.0 Å². The average molecular weight is 312 g/mol. The molecule has 0 bridgehead atoms.